The highest BCUT2D eigenvalue weighted by molar-refractivity contribution is 7.89. The molecule has 7 nitrogen and oxygen atoms in total. The van der Waals surface area contributed by atoms with E-state index in [1.54, 1.807) is 20.8 Å². The molecule has 1 amide bonds. The van der Waals surface area contributed by atoms with Crippen LogP contribution in [0.3, 0.4) is 0 Å². The van der Waals surface area contributed by atoms with Gasteiger partial charge < -0.3 is 9.84 Å². The molecule has 1 aromatic rings. The SMILES string of the molecule is CCNC(=O)C1CCCN1S(=O)(=O)c1c(C)noc1C. The van der Waals surface area contributed by atoms with Crippen LogP contribution in [0.4, 0.5) is 0 Å². The van der Waals surface area contributed by atoms with Gasteiger partial charge in [-0.05, 0) is 33.6 Å². The second kappa shape index (κ2) is 5.53. The molecule has 1 saturated heterocycles. The zero-order valence-corrected chi connectivity index (χ0v) is 12.7. The van der Waals surface area contributed by atoms with Crippen LogP contribution in [-0.4, -0.2) is 42.9 Å². The number of sulfonamides is 1. The molecule has 0 spiro atoms. The van der Waals surface area contributed by atoms with Crippen LogP contribution in [0, 0.1) is 13.8 Å². The fraction of sp³-hybridized carbons (Fsp3) is 0.667. The second-order valence-electron chi connectivity index (χ2n) is 4.82. The Morgan fingerprint density at radius 2 is 2.20 bits per heavy atom. The first-order valence-electron chi connectivity index (χ1n) is 6.62. The first-order valence-corrected chi connectivity index (χ1v) is 8.06. The molecule has 0 aromatic carbocycles. The lowest BCUT2D eigenvalue weighted by atomic mass is 10.2. The third-order valence-corrected chi connectivity index (χ3v) is 5.55. The summed E-state index contributed by atoms with van der Waals surface area (Å²) in [5.74, 6) is 0.00406. The van der Waals surface area contributed by atoms with Crippen molar-refractivity contribution in [3.8, 4) is 0 Å². The average molecular weight is 301 g/mol. The third-order valence-electron chi connectivity index (χ3n) is 3.39. The number of amides is 1. The van der Waals surface area contributed by atoms with E-state index in [0.717, 1.165) is 0 Å². The Morgan fingerprint density at radius 1 is 1.50 bits per heavy atom. The van der Waals surface area contributed by atoms with E-state index in [1.807, 2.05) is 0 Å². The van der Waals surface area contributed by atoms with Crippen molar-refractivity contribution in [3.05, 3.63) is 11.5 Å². The maximum Gasteiger partial charge on any atom is 0.249 e. The number of hydrogen-bond donors (Lipinski definition) is 1. The summed E-state index contributed by atoms with van der Waals surface area (Å²) in [4.78, 5) is 12.1. The molecule has 8 heteroatoms. The Morgan fingerprint density at radius 3 is 2.75 bits per heavy atom. The van der Waals surface area contributed by atoms with Crippen molar-refractivity contribution in [3.63, 3.8) is 0 Å². The van der Waals surface area contributed by atoms with Gasteiger partial charge in [0.1, 0.15) is 16.6 Å². The quantitative estimate of drug-likeness (QED) is 0.878. The zero-order chi connectivity index (χ0) is 14.9. The molecular formula is C12H19N3O4S. The van der Waals surface area contributed by atoms with Gasteiger partial charge in [0.2, 0.25) is 15.9 Å². The zero-order valence-electron chi connectivity index (χ0n) is 11.8. The first-order chi connectivity index (χ1) is 9.39. The van der Waals surface area contributed by atoms with E-state index in [0.29, 0.717) is 31.6 Å². The summed E-state index contributed by atoms with van der Waals surface area (Å²) in [7, 11) is -3.75. The molecule has 0 radical (unpaired) electrons. The summed E-state index contributed by atoms with van der Waals surface area (Å²) >= 11 is 0. The normalized spacial score (nSPS) is 20.2. The monoisotopic (exact) mass is 301 g/mol. The molecule has 112 valence electrons. The third kappa shape index (κ3) is 2.45. The van der Waals surface area contributed by atoms with Crippen molar-refractivity contribution < 1.29 is 17.7 Å². The molecule has 2 rings (SSSR count). The predicted octanol–water partition coefficient (Wildman–Crippen LogP) is 0.581. The number of likely N-dealkylation sites (N-methyl/N-ethyl adjacent to an activating group) is 1. The van der Waals surface area contributed by atoms with E-state index in [2.05, 4.69) is 10.5 Å². The summed E-state index contributed by atoms with van der Waals surface area (Å²) in [5, 5.41) is 6.36. The van der Waals surface area contributed by atoms with Gasteiger partial charge in [-0.3, -0.25) is 4.79 Å². The predicted molar refractivity (Wildman–Crippen MR) is 71.6 cm³/mol. The summed E-state index contributed by atoms with van der Waals surface area (Å²) in [6, 6.07) is -0.645. The second-order valence-corrected chi connectivity index (χ2v) is 6.65. The Hall–Kier alpha value is -1.41. The van der Waals surface area contributed by atoms with Gasteiger partial charge >= 0.3 is 0 Å². The van der Waals surface area contributed by atoms with E-state index in [1.165, 1.54) is 4.31 Å². The first kappa shape index (κ1) is 15.0. The molecule has 1 fully saturated rings. The van der Waals surface area contributed by atoms with Gasteiger partial charge in [-0.25, -0.2) is 8.42 Å². The van der Waals surface area contributed by atoms with Crippen LogP contribution in [0.25, 0.3) is 0 Å². The highest BCUT2D eigenvalue weighted by Crippen LogP contribution is 2.29. The number of rotatable bonds is 4. The molecule has 1 atom stereocenters. The fourth-order valence-electron chi connectivity index (χ4n) is 2.54. The molecule has 20 heavy (non-hydrogen) atoms. The molecule has 0 aliphatic carbocycles. The lowest BCUT2D eigenvalue weighted by molar-refractivity contribution is -0.124. The smallest absolute Gasteiger partial charge is 0.249 e. The Labute approximate surface area is 118 Å². The van der Waals surface area contributed by atoms with Crippen molar-refractivity contribution in [2.75, 3.05) is 13.1 Å². The molecule has 2 heterocycles. The average Bonchev–Trinajstić information content (AvgIpc) is 2.97. The van der Waals surface area contributed by atoms with Gasteiger partial charge in [0.15, 0.2) is 5.76 Å². The number of carbonyl (C=O) groups excluding carboxylic acids is 1. The standard InChI is InChI=1S/C12H19N3O4S/c1-4-13-12(16)10-6-5-7-15(10)20(17,18)11-8(2)14-19-9(11)3/h10H,4-7H2,1-3H3,(H,13,16). The van der Waals surface area contributed by atoms with Gasteiger partial charge in [-0.2, -0.15) is 4.31 Å². The van der Waals surface area contributed by atoms with Gasteiger partial charge in [0.05, 0.1) is 0 Å². The van der Waals surface area contributed by atoms with E-state index in [4.69, 9.17) is 4.52 Å². The maximum atomic E-state index is 12.7. The largest absolute Gasteiger partial charge is 0.360 e. The highest BCUT2D eigenvalue weighted by Gasteiger charge is 2.41. The van der Waals surface area contributed by atoms with Gasteiger partial charge in [-0.15, -0.1) is 0 Å². The number of aryl methyl sites for hydroxylation is 2. The molecule has 1 unspecified atom stereocenters. The summed E-state index contributed by atoms with van der Waals surface area (Å²) in [5.41, 5.74) is 0.323. The number of hydrogen-bond acceptors (Lipinski definition) is 5. The van der Waals surface area contributed by atoms with Crippen LogP contribution in [0.5, 0.6) is 0 Å². The summed E-state index contributed by atoms with van der Waals surface area (Å²) < 4.78 is 31.6. The molecular weight excluding hydrogens is 282 g/mol. The molecule has 0 saturated carbocycles. The van der Waals surface area contributed by atoms with Crippen molar-refractivity contribution in [2.45, 2.75) is 44.6 Å². The van der Waals surface area contributed by atoms with Crippen LogP contribution in [0.1, 0.15) is 31.2 Å². The van der Waals surface area contributed by atoms with E-state index in [-0.39, 0.29) is 16.6 Å². The minimum Gasteiger partial charge on any atom is -0.360 e. The van der Waals surface area contributed by atoms with Gasteiger partial charge in [0, 0.05) is 13.1 Å². The minimum absolute atomic E-state index is 0.0775. The Bertz CT molecular complexity index is 589. The van der Waals surface area contributed by atoms with Crippen LogP contribution < -0.4 is 5.32 Å². The van der Waals surface area contributed by atoms with Gasteiger partial charge in [-0.1, -0.05) is 5.16 Å². The summed E-state index contributed by atoms with van der Waals surface area (Å²) in [6.45, 7) is 5.77. The van der Waals surface area contributed by atoms with Crippen LogP contribution >= 0.6 is 0 Å². The topological polar surface area (TPSA) is 92.5 Å². The van der Waals surface area contributed by atoms with E-state index in [9.17, 15) is 13.2 Å². The van der Waals surface area contributed by atoms with Crippen LogP contribution in [0.2, 0.25) is 0 Å². The highest BCUT2D eigenvalue weighted by atomic mass is 32.2. The van der Waals surface area contributed by atoms with Crippen LogP contribution in [-0.2, 0) is 14.8 Å². The molecule has 1 aliphatic heterocycles. The van der Waals surface area contributed by atoms with Crippen LogP contribution in [0.15, 0.2) is 9.42 Å². The van der Waals surface area contributed by atoms with Crippen molar-refractivity contribution in [1.29, 1.82) is 0 Å². The number of nitrogens with one attached hydrogen (secondary N) is 1. The minimum atomic E-state index is -3.75. The maximum absolute atomic E-state index is 12.7. The molecule has 1 aromatic heterocycles. The number of aromatic nitrogens is 1. The molecule has 1 aliphatic rings. The lowest BCUT2D eigenvalue weighted by Crippen LogP contribution is -2.45. The number of nitrogens with zero attached hydrogens (tertiary/aromatic N) is 2. The van der Waals surface area contributed by atoms with Crippen molar-refractivity contribution >= 4 is 15.9 Å². The lowest BCUT2D eigenvalue weighted by Gasteiger charge is -2.22. The molecule has 0 bridgehead atoms. The van der Waals surface area contributed by atoms with Crippen molar-refractivity contribution in [1.82, 2.24) is 14.8 Å². The summed E-state index contributed by atoms with van der Waals surface area (Å²) in [6.07, 6.45) is 1.21. The Balaban J connectivity index is 2.36. The van der Waals surface area contributed by atoms with E-state index >= 15 is 0 Å². The Kier molecular flexibility index (Phi) is 4.14. The van der Waals surface area contributed by atoms with Crippen molar-refractivity contribution in [2.24, 2.45) is 0 Å². The number of carbonyl (C=O) groups is 1. The van der Waals surface area contributed by atoms with E-state index < -0.39 is 16.1 Å². The van der Waals surface area contributed by atoms with Gasteiger partial charge in [0.25, 0.3) is 0 Å². The molecule has 1 N–H and O–H groups in total. The fourth-order valence-corrected chi connectivity index (χ4v) is 4.49.